The van der Waals surface area contributed by atoms with E-state index in [1.165, 1.54) is 15.7 Å². The van der Waals surface area contributed by atoms with E-state index in [0.29, 0.717) is 72.3 Å². The zero-order valence-corrected chi connectivity index (χ0v) is 19.2. The minimum absolute atomic E-state index is 0.290. The van der Waals surface area contributed by atoms with Crippen LogP contribution in [0.2, 0.25) is 0 Å². The number of rotatable bonds is 7. The molecule has 0 amide bonds. The van der Waals surface area contributed by atoms with E-state index in [1.807, 2.05) is 13.8 Å². The van der Waals surface area contributed by atoms with Gasteiger partial charge in [0, 0.05) is 39.3 Å². The third kappa shape index (κ3) is 4.28. The Hall–Kier alpha value is -1.86. The van der Waals surface area contributed by atoms with E-state index in [9.17, 15) is 18.0 Å². The van der Waals surface area contributed by atoms with E-state index in [2.05, 4.69) is 14.9 Å². The highest BCUT2D eigenvalue weighted by Gasteiger charge is 2.31. The molecule has 166 valence electrons. The fourth-order valence-electron chi connectivity index (χ4n) is 3.59. The Kier molecular flexibility index (Phi) is 6.92. The Morgan fingerprint density at radius 1 is 1.23 bits per heavy atom. The van der Waals surface area contributed by atoms with Crippen LogP contribution in [0.15, 0.2) is 4.79 Å². The highest BCUT2D eigenvalue weighted by Crippen LogP contribution is 2.27. The maximum absolute atomic E-state index is 12.7. The maximum Gasteiger partial charge on any atom is 0.348 e. The van der Waals surface area contributed by atoms with E-state index in [1.54, 1.807) is 6.92 Å². The number of fused-ring (bicyclic) bond motifs is 1. The second-order valence-electron chi connectivity index (χ2n) is 7.01. The molecule has 1 fully saturated rings. The number of thiophene rings is 1. The van der Waals surface area contributed by atoms with E-state index < -0.39 is 16.2 Å². The molecule has 3 rings (SSSR count). The molecule has 2 aromatic rings. The summed E-state index contributed by atoms with van der Waals surface area (Å²) in [6.07, 6.45) is 0. The molecule has 0 saturated carbocycles. The molecule has 0 radical (unpaired) electrons. The quantitative estimate of drug-likeness (QED) is 0.611. The second-order valence-corrected chi connectivity index (χ2v) is 9.94. The molecular weight excluding hydrogens is 430 g/mol. The first kappa shape index (κ1) is 22.8. The highest BCUT2D eigenvalue weighted by molar-refractivity contribution is 7.86. The SMILES string of the molecule is CCN(CC)S(=O)(=O)N1CCN(Cc2nc3sc(C(=O)OC)c(C)c3c(=O)[nH]2)CC1. The van der Waals surface area contributed by atoms with Crippen molar-refractivity contribution in [3.05, 3.63) is 26.6 Å². The summed E-state index contributed by atoms with van der Waals surface area (Å²) in [5, 5.41) is 0.402. The lowest BCUT2D eigenvalue weighted by molar-refractivity contribution is 0.0605. The second kappa shape index (κ2) is 9.10. The van der Waals surface area contributed by atoms with Crippen LogP contribution in [0.4, 0.5) is 0 Å². The third-order valence-corrected chi connectivity index (χ3v) is 8.64. The normalized spacial score (nSPS) is 16.4. The number of hydrogen-bond acceptors (Lipinski definition) is 8. The lowest BCUT2D eigenvalue weighted by Gasteiger charge is -2.36. The molecule has 0 spiro atoms. The van der Waals surface area contributed by atoms with Crippen LogP contribution in [0.3, 0.4) is 0 Å². The molecule has 0 unspecified atom stereocenters. The lowest BCUT2D eigenvalue weighted by Crippen LogP contribution is -2.52. The Bertz CT molecular complexity index is 1080. The van der Waals surface area contributed by atoms with Crippen molar-refractivity contribution in [3.63, 3.8) is 0 Å². The number of piperazine rings is 1. The molecule has 1 N–H and O–H groups in total. The number of carbonyl (C=O) groups is 1. The summed E-state index contributed by atoms with van der Waals surface area (Å²) in [6.45, 7) is 8.49. The fraction of sp³-hybridized carbons (Fsp3) is 0.611. The van der Waals surface area contributed by atoms with Crippen LogP contribution in [0, 0.1) is 6.92 Å². The van der Waals surface area contributed by atoms with Crippen LogP contribution < -0.4 is 5.56 Å². The van der Waals surface area contributed by atoms with Gasteiger partial charge >= 0.3 is 5.97 Å². The summed E-state index contributed by atoms with van der Waals surface area (Å²) < 4.78 is 33.0. The number of aromatic amines is 1. The summed E-state index contributed by atoms with van der Waals surface area (Å²) in [5.41, 5.74) is 0.277. The van der Waals surface area contributed by atoms with Gasteiger partial charge in [-0.3, -0.25) is 9.69 Å². The van der Waals surface area contributed by atoms with E-state index >= 15 is 0 Å². The van der Waals surface area contributed by atoms with Crippen molar-refractivity contribution in [1.29, 1.82) is 0 Å². The predicted octanol–water partition coefficient (Wildman–Crippen LogP) is 0.784. The van der Waals surface area contributed by atoms with E-state index in [4.69, 9.17) is 4.74 Å². The molecule has 10 nitrogen and oxygen atoms in total. The molecule has 12 heteroatoms. The van der Waals surface area contributed by atoms with Gasteiger partial charge in [0.1, 0.15) is 15.5 Å². The topological polar surface area (TPSA) is 116 Å². The van der Waals surface area contributed by atoms with Crippen LogP contribution in [0.25, 0.3) is 10.2 Å². The molecule has 2 aromatic heterocycles. The number of H-pyrrole nitrogens is 1. The number of hydrogen-bond donors (Lipinski definition) is 1. The van der Waals surface area contributed by atoms with Crippen LogP contribution in [-0.2, 0) is 21.5 Å². The number of esters is 1. The number of nitrogens with one attached hydrogen (secondary N) is 1. The first-order valence-corrected chi connectivity index (χ1v) is 12.0. The average Bonchev–Trinajstić information content (AvgIpc) is 3.05. The number of carbonyl (C=O) groups excluding carboxylic acids is 1. The molecule has 0 atom stereocenters. The van der Waals surface area contributed by atoms with Gasteiger partial charge in [-0.05, 0) is 12.5 Å². The lowest BCUT2D eigenvalue weighted by atomic mass is 10.2. The van der Waals surface area contributed by atoms with E-state index in [0.717, 1.165) is 11.3 Å². The van der Waals surface area contributed by atoms with E-state index in [-0.39, 0.29) is 5.56 Å². The molecule has 0 aliphatic carbocycles. The molecule has 1 saturated heterocycles. The molecule has 0 bridgehead atoms. The number of aryl methyl sites for hydroxylation is 1. The van der Waals surface area contributed by atoms with Gasteiger partial charge < -0.3 is 9.72 Å². The zero-order valence-electron chi connectivity index (χ0n) is 17.6. The molecule has 1 aliphatic rings. The van der Waals surface area contributed by atoms with Gasteiger partial charge in [-0.15, -0.1) is 11.3 Å². The summed E-state index contributed by atoms with van der Waals surface area (Å²) in [4.78, 5) is 34.7. The molecule has 30 heavy (non-hydrogen) atoms. The Labute approximate surface area is 179 Å². The molecule has 3 heterocycles. The summed E-state index contributed by atoms with van der Waals surface area (Å²) in [5.74, 6) is 0.00667. The maximum atomic E-state index is 12.7. The minimum Gasteiger partial charge on any atom is -0.465 e. The Morgan fingerprint density at radius 2 is 1.87 bits per heavy atom. The van der Waals surface area contributed by atoms with Crippen molar-refractivity contribution in [1.82, 2.24) is 23.5 Å². The zero-order chi connectivity index (χ0) is 22.1. The van der Waals surface area contributed by atoms with Crippen molar-refractivity contribution in [2.24, 2.45) is 0 Å². The van der Waals surface area contributed by atoms with Gasteiger partial charge in [-0.25, -0.2) is 9.78 Å². The summed E-state index contributed by atoms with van der Waals surface area (Å²) in [6, 6.07) is 0. The third-order valence-electron chi connectivity index (χ3n) is 5.28. The van der Waals surface area contributed by atoms with Gasteiger partial charge in [0.2, 0.25) is 0 Å². The number of methoxy groups -OCH3 is 1. The van der Waals surface area contributed by atoms with Gasteiger partial charge in [0.05, 0.1) is 19.0 Å². The molecule has 0 aromatic carbocycles. The van der Waals surface area contributed by atoms with Gasteiger partial charge in [0.25, 0.3) is 15.8 Å². The van der Waals surface area contributed by atoms with Crippen LogP contribution >= 0.6 is 11.3 Å². The van der Waals surface area contributed by atoms with Crippen molar-refractivity contribution >= 4 is 37.7 Å². The largest absolute Gasteiger partial charge is 0.465 e. The van der Waals surface area contributed by atoms with Crippen molar-refractivity contribution < 1.29 is 17.9 Å². The van der Waals surface area contributed by atoms with Crippen molar-refractivity contribution in [2.45, 2.75) is 27.3 Å². The first-order chi connectivity index (χ1) is 14.2. The number of aromatic nitrogens is 2. The van der Waals surface area contributed by atoms with Gasteiger partial charge in [-0.1, -0.05) is 13.8 Å². The Morgan fingerprint density at radius 3 is 2.43 bits per heavy atom. The van der Waals surface area contributed by atoms with Crippen molar-refractivity contribution in [2.75, 3.05) is 46.4 Å². The van der Waals surface area contributed by atoms with Gasteiger partial charge in [0.15, 0.2) is 0 Å². The average molecular weight is 458 g/mol. The monoisotopic (exact) mass is 457 g/mol. The smallest absolute Gasteiger partial charge is 0.348 e. The highest BCUT2D eigenvalue weighted by atomic mass is 32.2. The fourth-order valence-corrected chi connectivity index (χ4v) is 6.32. The standard InChI is InChI=1S/C18H27N5O5S2/c1-5-22(6-2)30(26,27)23-9-7-21(8-10-23)11-13-19-16(24)14-12(3)15(18(25)28-4)29-17(14)20-13/h5-11H2,1-4H3,(H,19,20,24). The first-order valence-electron chi connectivity index (χ1n) is 9.81. The minimum atomic E-state index is -3.44. The molecule has 1 aliphatic heterocycles. The van der Waals surface area contributed by atoms with Crippen LogP contribution in [-0.4, -0.2) is 84.2 Å². The number of nitrogens with zero attached hydrogens (tertiary/aromatic N) is 4. The predicted molar refractivity (Wildman–Crippen MR) is 115 cm³/mol. The van der Waals surface area contributed by atoms with Crippen LogP contribution in [0.5, 0.6) is 0 Å². The van der Waals surface area contributed by atoms with Crippen molar-refractivity contribution in [3.8, 4) is 0 Å². The van der Waals surface area contributed by atoms with Crippen LogP contribution in [0.1, 0.15) is 34.9 Å². The molecular formula is C18H27N5O5S2. The summed E-state index contributed by atoms with van der Waals surface area (Å²) >= 11 is 1.14. The number of ether oxygens (including phenoxy) is 1. The summed E-state index contributed by atoms with van der Waals surface area (Å²) in [7, 11) is -2.14. The Balaban J connectivity index is 1.74. The van der Waals surface area contributed by atoms with Gasteiger partial charge in [-0.2, -0.15) is 17.0 Å².